The molecule has 6 aliphatic heterocycles. The molecule has 2 amide bonds. The van der Waals surface area contributed by atoms with E-state index in [-0.39, 0.29) is 30.7 Å². The number of hydrogen-bond donors (Lipinski definition) is 3. The Balaban J connectivity index is 0.000000127. The molecule has 3 N–H and O–H groups in total. The number of amides is 2. The van der Waals surface area contributed by atoms with Gasteiger partial charge in [-0.15, -0.1) is 20.4 Å². The minimum Gasteiger partial charge on any atom is -0.373 e. The number of halogens is 6. The number of aromatic amines is 2. The van der Waals surface area contributed by atoms with Crippen molar-refractivity contribution < 1.29 is 50.1 Å². The molecule has 2 aromatic heterocycles. The highest BCUT2D eigenvalue weighted by Crippen LogP contribution is 2.52. The van der Waals surface area contributed by atoms with Gasteiger partial charge < -0.3 is 29.3 Å². The first-order valence-corrected chi connectivity index (χ1v) is 36.8. The SMILES string of the molecule is N#Cc1ccc(CN2CCC3(CC2)CC(N(C(=O)C(F)(F)F)[C@@H]2C[C@H]2c2ccccc2)CO3)cc1.O=C(N(C1COC2(CCN(Cc3ccc(-c4nn[nH]n4)cc3)CC2)C1)[C@@H]1C[C@H]1c1ccccc1)C(F)(F)F.c1ccc([C@@H]2C[C@H]2NC2COC3(CCN(Cc4ccc(-c5nn[nH]n5)cc4)CC3)C2)cc1. The predicted molar refractivity (Wildman–Crippen MR) is 377 cm³/mol. The quantitative estimate of drug-likeness (QED) is 0.0721. The van der Waals surface area contributed by atoms with Crippen LogP contribution in [0.3, 0.4) is 0 Å². The number of nitrogens with zero attached hydrogens (tertiary/aromatic N) is 12. The summed E-state index contributed by atoms with van der Waals surface area (Å²) in [5.74, 6) is -1.75. The van der Waals surface area contributed by atoms with Crippen LogP contribution in [0.4, 0.5) is 26.3 Å². The molecule has 3 unspecified atom stereocenters. The second kappa shape index (κ2) is 30.6. The van der Waals surface area contributed by atoms with Crippen LogP contribution in [0.2, 0.25) is 0 Å². The fourth-order valence-corrected chi connectivity index (χ4v) is 17.2. The molecule has 0 radical (unpaired) electrons. The molecule has 8 heterocycles. The van der Waals surface area contributed by atoms with Gasteiger partial charge in [0.2, 0.25) is 11.6 Å². The molecule has 0 bridgehead atoms. The largest absolute Gasteiger partial charge is 0.471 e. The maximum atomic E-state index is 13.6. The lowest BCUT2D eigenvalue weighted by Gasteiger charge is -2.39. The number of nitrogens with one attached hydrogen (secondary N) is 3. The molecular weight excluding hydrogens is 1350 g/mol. The van der Waals surface area contributed by atoms with E-state index < -0.39 is 59.5 Å². The Hall–Kier alpha value is -8.81. The highest BCUT2D eigenvalue weighted by Gasteiger charge is 2.59. The molecule has 17 rings (SSSR count). The Kier molecular flexibility index (Phi) is 20.9. The van der Waals surface area contributed by atoms with Crippen molar-refractivity contribution in [3.05, 3.63) is 203 Å². The third-order valence-electron chi connectivity index (χ3n) is 23.2. The summed E-state index contributed by atoms with van der Waals surface area (Å²) in [7, 11) is 0. The van der Waals surface area contributed by atoms with Crippen LogP contribution in [0, 0.1) is 11.3 Å². The van der Waals surface area contributed by atoms with Crippen LogP contribution in [0.15, 0.2) is 164 Å². The fraction of sp³-hybridized carbons (Fsp3) is 0.481. The van der Waals surface area contributed by atoms with Crippen LogP contribution < -0.4 is 5.32 Å². The summed E-state index contributed by atoms with van der Waals surface area (Å²) in [6.45, 7) is 8.95. The monoisotopic (exact) mass is 1440 g/mol. The number of alkyl halides is 6. The number of piperidine rings is 3. The minimum absolute atomic E-state index is 0.0617. The van der Waals surface area contributed by atoms with Gasteiger partial charge in [-0.25, -0.2) is 0 Å². The molecule has 6 aromatic carbocycles. The summed E-state index contributed by atoms with van der Waals surface area (Å²) >= 11 is 0. The summed E-state index contributed by atoms with van der Waals surface area (Å²) in [6.07, 6.45) is -0.257. The van der Waals surface area contributed by atoms with Gasteiger partial charge in [-0.05, 0) is 133 Å². The number of carbonyl (C=O) groups excluding carboxylic acids is 2. The maximum Gasteiger partial charge on any atom is 0.471 e. The van der Waals surface area contributed by atoms with Crippen LogP contribution in [-0.4, -0.2) is 202 Å². The molecule has 550 valence electrons. The van der Waals surface area contributed by atoms with Gasteiger partial charge in [-0.3, -0.25) is 24.3 Å². The highest BCUT2D eigenvalue weighted by molar-refractivity contribution is 5.84. The van der Waals surface area contributed by atoms with Crippen LogP contribution in [0.25, 0.3) is 22.8 Å². The topological polar surface area (TPSA) is 223 Å². The molecule has 6 saturated heterocycles. The van der Waals surface area contributed by atoms with Gasteiger partial charge in [-0.1, -0.05) is 152 Å². The van der Waals surface area contributed by atoms with E-state index >= 15 is 0 Å². The standard InChI is InChI=1S/C27H29F3N6O2.C27H28F3N3O2.C25H30N6O/c28-27(29,30)25(37)36(23-14-22(23)19-4-2-1-3-5-19)21-15-26(38-17-21)10-12-35(13-11-26)16-18-6-8-20(9-7-18)24-31-33-34-32-24;28-27(29,30)25(34)33(24-14-23(24)21-4-2-1-3-5-21)22-15-26(35-18-22)10-12-32(13-11-26)17-20-8-6-19(16-31)7-9-20;1-2-4-19(5-3-1)22-14-23(22)26-21-15-25(32-17-21)10-12-31(13-11-25)16-18-6-8-20(9-7-18)24-27-29-30-28-24/h1-9,21-23H,10-17H2,(H,31,32,33,34);1-9,22-24H,10-15,17-18H2;1-9,21-23,26H,10-17H2,(H,27,28,29,30)/t21?,22-,23+;22?,23-,24+;21?,22-,23+/m000/s1. The number of carbonyl (C=O) groups is 2. The Bertz CT molecular complexity index is 4210. The van der Waals surface area contributed by atoms with Crippen LogP contribution in [0.1, 0.15) is 134 Å². The average Bonchev–Trinajstić information content (AvgIpc) is 1.60. The summed E-state index contributed by atoms with van der Waals surface area (Å²) in [5.41, 5.74) is 8.63. The van der Waals surface area contributed by atoms with E-state index in [4.69, 9.17) is 19.5 Å². The van der Waals surface area contributed by atoms with Gasteiger partial charge >= 0.3 is 24.2 Å². The Morgan fingerprint density at radius 1 is 0.486 bits per heavy atom. The molecule has 20 nitrogen and oxygen atoms in total. The summed E-state index contributed by atoms with van der Waals surface area (Å²) in [6, 6.07) is 55.1. The number of likely N-dealkylation sites (tertiary alicyclic amines) is 3. The normalized spacial score (nSPS) is 25.9. The summed E-state index contributed by atoms with van der Waals surface area (Å²) in [5, 5.41) is 41.1. The zero-order valence-corrected chi connectivity index (χ0v) is 58.4. The lowest BCUT2D eigenvalue weighted by atomic mass is 9.86. The second-order valence-corrected chi connectivity index (χ2v) is 30.2. The highest BCUT2D eigenvalue weighted by atomic mass is 19.4. The van der Waals surface area contributed by atoms with Gasteiger partial charge in [0.05, 0.1) is 60.3 Å². The minimum atomic E-state index is -4.90. The van der Waals surface area contributed by atoms with E-state index in [0.717, 1.165) is 154 Å². The number of benzene rings is 6. The van der Waals surface area contributed by atoms with E-state index in [1.807, 2.05) is 97.1 Å². The van der Waals surface area contributed by atoms with Crippen molar-refractivity contribution in [1.29, 1.82) is 5.26 Å². The third kappa shape index (κ3) is 17.1. The Labute approximate surface area is 606 Å². The lowest BCUT2D eigenvalue weighted by Crippen LogP contribution is -2.50. The van der Waals surface area contributed by atoms with E-state index in [1.165, 1.54) is 17.5 Å². The molecule has 9 fully saturated rings. The number of nitriles is 1. The number of tetrazole rings is 2. The van der Waals surface area contributed by atoms with Crippen molar-refractivity contribution in [2.75, 3.05) is 59.1 Å². The number of hydrogen-bond acceptors (Lipinski definition) is 16. The maximum absolute atomic E-state index is 13.6. The van der Waals surface area contributed by atoms with E-state index in [0.29, 0.717) is 60.9 Å². The van der Waals surface area contributed by atoms with Crippen molar-refractivity contribution in [2.24, 2.45) is 0 Å². The number of ether oxygens (including phenoxy) is 3. The smallest absolute Gasteiger partial charge is 0.373 e. The molecule has 3 aliphatic carbocycles. The van der Waals surface area contributed by atoms with Crippen molar-refractivity contribution in [2.45, 2.75) is 180 Å². The molecule has 105 heavy (non-hydrogen) atoms. The van der Waals surface area contributed by atoms with Gasteiger partial charge in [0, 0.05) is 112 Å². The fourth-order valence-electron chi connectivity index (χ4n) is 17.2. The van der Waals surface area contributed by atoms with Crippen molar-refractivity contribution in [3.63, 3.8) is 0 Å². The van der Waals surface area contributed by atoms with Crippen molar-refractivity contribution in [1.82, 2.24) is 71.1 Å². The third-order valence-corrected chi connectivity index (χ3v) is 23.2. The lowest BCUT2D eigenvalue weighted by molar-refractivity contribution is -0.188. The van der Waals surface area contributed by atoms with Gasteiger partial charge in [0.15, 0.2) is 0 Å². The average molecular weight is 1440 g/mol. The molecule has 8 aromatic rings. The van der Waals surface area contributed by atoms with E-state index in [9.17, 15) is 35.9 Å². The Morgan fingerprint density at radius 2 is 0.848 bits per heavy atom. The first kappa shape index (κ1) is 71.8. The summed E-state index contributed by atoms with van der Waals surface area (Å²) < 4.78 is 100. The van der Waals surface area contributed by atoms with Crippen molar-refractivity contribution >= 4 is 11.8 Å². The molecule has 9 atom stereocenters. The predicted octanol–water partition coefficient (Wildman–Crippen LogP) is 11.7. The first-order chi connectivity index (χ1) is 50.9. The zero-order chi connectivity index (χ0) is 72.3. The molecular formula is C79H87F6N15O5. The second-order valence-electron chi connectivity index (χ2n) is 30.2. The first-order valence-electron chi connectivity index (χ1n) is 36.8. The molecule has 9 aliphatic rings. The van der Waals surface area contributed by atoms with E-state index in [2.05, 4.69) is 122 Å². The number of rotatable bonds is 17. The van der Waals surface area contributed by atoms with Gasteiger partial charge in [0.1, 0.15) is 0 Å². The zero-order valence-electron chi connectivity index (χ0n) is 58.4. The van der Waals surface area contributed by atoms with Crippen LogP contribution in [-0.2, 0) is 43.4 Å². The molecule has 3 spiro atoms. The number of aromatic nitrogens is 8. The van der Waals surface area contributed by atoms with E-state index in [1.54, 1.807) is 12.1 Å². The van der Waals surface area contributed by atoms with Crippen LogP contribution >= 0.6 is 0 Å². The van der Waals surface area contributed by atoms with Gasteiger partial charge in [-0.2, -0.15) is 42.0 Å². The van der Waals surface area contributed by atoms with Crippen LogP contribution in [0.5, 0.6) is 0 Å². The Morgan fingerprint density at radius 3 is 1.21 bits per heavy atom. The molecule has 3 saturated carbocycles. The summed E-state index contributed by atoms with van der Waals surface area (Å²) in [4.78, 5) is 34.4. The number of H-pyrrole nitrogens is 2. The van der Waals surface area contributed by atoms with Crippen molar-refractivity contribution in [3.8, 4) is 28.8 Å². The molecule has 26 heteroatoms. The van der Waals surface area contributed by atoms with Gasteiger partial charge in [0.25, 0.3) is 0 Å².